The van der Waals surface area contributed by atoms with Gasteiger partial charge >= 0.3 is 0 Å². The van der Waals surface area contributed by atoms with Crippen molar-refractivity contribution in [2.75, 3.05) is 39.1 Å². The summed E-state index contributed by atoms with van der Waals surface area (Å²) in [5.74, 6) is -1.78. The molecule has 0 fully saturated rings. The van der Waals surface area contributed by atoms with E-state index in [1.54, 1.807) is 0 Å². The summed E-state index contributed by atoms with van der Waals surface area (Å²) in [7, 11) is 1.59. The third-order valence-corrected chi connectivity index (χ3v) is 6.55. The summed E-state index contributed by atoms with van der Waals surface area (Å²) < 4.78 is 54.7. The van der Waals surface area contributed by atoms with Crippen molar-refractivity contribution in [3.63, 3.8) is 0 Å². The van der Waals surface area contributed by atoms with Crippen molar-refractivity contribution in [1.29, 1.82) is 0 Å². The van der Waals surface area contributed by atoms with Gasteiger partial charge in [0.2, 0.25) is 10.0 Å². The molecular formula is C20H25F2N3O2S. The highest BCUT2D eigenvalue weighted by atomic mass is 32.2. The molecule has 0 saturated carbocycles. The Kier molecular flexibility index (Phi) is 6.02. The standard InChI is InChI=1S/C20H25F2N3O2S/c1-24(2)19(15-6-9-18-14(11-15)5-4-10-25(18)3)13-23-28(26,27)20-12-16(21)7-8-17(20)22/h6-9,11-12,19,23H,4-5,10,13H2,1-3H3/t19-/m0/s1. The molecule has 5 nitrogen and oxygen atoms in total. The first-order valence-corrected chi connectivity index (χ1v) is 10.6. The molecule has 8 heteroatoms. The molecule has 0 aliphatic carbocycles. The highest BCUT2D eigenvalue weighted by Crippen LogP contribution is 2.30. The van der Waals surface area contributed by atoms with Gasteiger partial charge in [-0.25, -0.2) is 21.9 Å². The van der Waals surface area contributed by atoms with E-state index in [4.69, 9.17) is 0 Å². The third kappa shape index (κ3) is 4.34. The van der Waals surface area contributed by atoms with E-state index in [9.17, 15) is 17.2 Å². The number of benzene rings is 2. The van der Waals surface area contributed by atoms with Crippen molar-refractivity contribution in [3.05, 3.63) is 59.2 Å². The van der Waals surface area contributed by atoms with Crippen molar-refractivity contribution in [2.24, 2.45) is 0 Å². The van der Waals surface area contributed by atoms with Crippen LogP contribution in [-0.4, -0.2) is 47.6 Å². The summed E-state index contributed by atoms with van der Waals surface area (Å²) in [6.45, 7) is 1.06. The molecule has 0 bridgehead atoms. The number of fused-ring (bicyclic) bond motifs is 1. The second kappa shape index (κ2) is 8.14. The van der Waals surface area contributed by atoms with E-state index in [2.05, 4.69) is 28.8 Å². The zero-order valence-electron chi connectivity index (χ0n) is 16.2. The molecule has 3 rings (SSSR count). The summed E-state index contributed by atoms with van der Waals surface area (Å²) in [5, 5.41) is 0. The van der Waals surface area contributed by atoms with E-state index >= 15 is 0 Å². The normalized spacial score (nSPS) is 15.6. The molecular weight excluding hydrogens is 384 g/mol. The first-order chi connectivity index (χ1) is 13.2. The Morgan fingerprint density at radius 3 is 2.64 bits per heavy atom. The summed E-state index contributed by atoms with van der Waals surface area (Å²) >= 11 is 0. The molecule has 0 spiro atoms. The molecule has 2 aromatic carbocycles. The molecule has 0 unspecified atom stereocenters. The number of hydrogen-bond donors (Lipinski definition) is 1. The van der Waals surface area contributed by atoms with E-state index in [0.717, 1.165) is 37.1 Å². The summed E-state index contributed by atoms with van der Waals surface area (Å²) in [4.78, 5) is 3.43. The fraction of sp³-hybridized carbons (Fsp3) is 0.400. The van der Waals surface area contributed by atoms with Crippen molar-refractivity contribution >= 4 is 15.7 Å². The number of halogens is 2. The number of nitrogens with one attached hydrogen (secondary N) is 1. The first-order valence-electron chi connectivity index (χ1n) is 9.14. The van der Waals surface area contributed by atoms with Crippen LogP contribution in [0.3, 0.4) is 0 Å². The monoisotopic (exact) mass is 409 g/mol. The van der Waals surface area contributed by atoms with Gasteiger partial charge in [-0.15, -0.1) is 0 Å². The number of hydrogen-bond acceptors (Lipinski definition) is 4. The van der Waals surface area contributed by atoms with Crippen LogP contribution < -0.4 is 9.62 Å². The number of likely N-dealkylation sites (N-methyl/N-ethyl adjacent to an activating group) is 1. The minimum Gasteiger partial charge on any atom is -0.374 e. The minimum atomic E-state index is -4.18. The van der Waals surface area contributed by atoms with E-state index in [1.165, 1.54) is 11.3 Å². The summed E-state index contributed by atoms with van der Waals surface area (Å²) in [5.41, 5.74) is 3.40. The molecule has 0 saturated heterocycles. The van der Waals surface area contributed by atoms with Gasteiger partial charge in [-0.3, -0.25) is 0 Å². The number of aryl methyl sites for hydroxylation is 1. The van der Waals surface area contributed by atoms with Gasteiger partial charge in [-0.2, -0.15) is 0 Å². The molecule has 2 aromatic rings. The highest BCUT2D eigenvalue weighted by Gasteiger charge is 2.24. The average molecular weight is 410 g/mol. The summed E-state index contributed by atoms with van der Waals surface area (Å²) in [6.07, 6.45) is 2.05. The second-order valence-corrected chi connectivity index (χ2v) is 9.05. The fourth-order valence-electron chi connectivity index (χ4n) is 3.56. The van der Waals surface area contributed by atoms with Crippen LogP contribution >= 0.6 is 0 Å². The average Bonchev–Trinajstić information content (AvgIpc) is 2.63. The fourth-order valence-corrected chi connectivity index (χ4v) is 4.69. The lowest BCUT2D eigenvalue weighted by Crippen LogP contribution is -2.35. The zero-order valence-corrected chi connectivity index (χ0v) is 17.1. The van der Waals surface area contributed by atoms with Gasteiger partial charge in [0, 0.05) is 31.9 Å². The van der Waals surface area contributed by atoms with Crippen molar-refractivity contribution < 1.29 is 17.2 Å². The van der Waals surface area contributed by atoms with Crippen molar-refractivity contribution in [3.8, 4) is 0 Å². The van der Waals surface area contributed by atoms with Gasteiger partial charge in [0.15, 0.2) is 0 Å². The quantitative estimate of drug-likeness (QED) is 0.797. The van der Waals surface area contributed by atoms with Crippen LogP contribution in [0.1, 0.15) is 23.6 Å². The minimum absolute atomic E-state index is 0.0416. The van der Waals surface area contributed by atoms with Gasteiger partial charge in [0.05, 0.1) is 0 Å². The lowest BCUT2D eigenvalue weighted by atomic mass is 9.96. The molecule has 0 amide bonds. The van der Waals surface area contributed by atoms with Crippen LogP contribution in [-0.2, 0) is 16.4 Å². The first kappa shape index (κ1) is 20.7. The van der Waals surface area contributed by atoms with Gasteiger partial charge in [-0.05, 0) is 62.3 Å². The maximum absolute atomic E-state index is 13.9. The van der Waals surface area contributed by atoms with Crippen LogP contribution in [0.25, 0.3) is 0 Å². The van der Waals surface area contributed by atoms with Crippen LogP contribution in [0.15, 0.2) is 41.3 Å². The summed E-state index contributed by atoms with van der Waals surface area (Å²) in [6, 6.07) is 8.30. The predicted molar refractivity (Wildman–Crippen MR) is 106 cm³/mol. The molecule has 1 atom stereocenters. The van der Waals surface area contributed by atoms with Crippen LogP contribution in [0.5, 0.6) is 0 Å². The largest absolute Gasteiger partial charge is 0.374 e. The van der Waals surface area contributed by atoms with Crippen molar-refractivity contribution in [1.82, 2.24) is 9.62 Å². The highest BCUT2D eigenvalue weighted by molar-refractivity contribution is 7.89. The molecule has 1 aliphatic heterocycles. The Labute approximate surface area is 165 Å². The van der Waals surface area contributed by atoms with E-state index in [-0.39, 0.29) is 12.6 Å². The SMILES string of the molecule is CN1CCCc2cc([C@H](CNS(=O)(=O)c3cc(F)ccc3F)N(C)C)ccc21. The maximum Gasteiger partial charge on any atom is 0.243 e. The zero-order chi connectivity index (χ0) is 20.5. The molecule has 0 radical (unpaired) electrons. The number of anilines is 1. The Morgan fingerprint density at radius 1 is 1.18 bits per heavy atom. The van der Waals surface area contributed by atoms with Gasteiger partial charge in [-0.1, -0.05) is 12.1 Å². The van der Waals surface area contributed by atoms with Crippen LogP contribution in [0, 0.1) is 11.6 Å². The van der Waals surface area contributed by atoms with E-state index < -0.39 is 26.6 Å². The molecule has 0 aromatic heterocycles. The van der Waals surface area contributed by atoms with E-state index in [0.29, 0.717) is 6.07 Å². The Morgan fingerprint density at radius 2 is 1.93 bits per heavy atom. The van der Waals surface area contributed by atoms with Crippen molar-refractivity contribution in [2.45, 2.75) is 23.8 Å². The number of sulfonamides is 1. The Balaban J connectivity index is 1.83. The lowest BCUT2D eigenvalue weighted by molar-refractivity contribution is 0.299. The second-order valence-electron chi connectivity index (χ2n) is 7.32. The third-order valence-electron chi connectivity index (χ3n) is 5.11. The van der Waals surface area contributed by atoms with E-state index in [1.807, 2.05) is 25.1 Å². The molecule has 28 heavy (non-hydrogen) atoms. The molecule has 1 heterocycles. The predicted octanol–water partition coefficient (Wildman–Crippen LogP) is 2.93. The smallest absolute Gasteiger partial charge is 0.243 e. The number of nitrogens with zero attached hydrogens (tertiary/aromatic N) is 2. The molecule has 1 aliphatic rings. The maximum atomic E-state index is 13.9. The Hall–Kier alpha value is -2.03. The van der Waals surface area contributed by atoms with Crippen LogP contribution in [0.2, 0.25) is 0 Å². The molecule has 1 N–H and O–H groups in total. The topological polar surface area (TPSA) is 52.7 Å². The van der Waals surface area contributed by atoms with Crippen LogP contribution in [0.4, 0.5) is 14.5 Å². The lowest BCUT2D eigenvalue weighted by Gasteiger charge is -2.30. The van der Waals surface area contributed by atoms with Gasteiger partial charge in [0.1, 0.15) is 16.5 Å². The number of rotatable bonds is 6. The molecule has 152 valence electrons. The Bertz CT molecular complexity index is 964. The van der Waals surface area contributed by atoms with Gasteiger partial charge in [0.25, 0.3) is 0 Å². The van der Waals surface area contributed by atoms with Gasteiger partial charge < -0.3 is 9.80 Å².